The smallest absolute Gasteiger partial charge is 0.224 e. The average molecular weight is 248 g/mol. The normalized spacial score (nSPS) is 27.1. The molecule has 4 heteroatoms. The third-order valence-corrected chi connectivity index (χ3v) is 3.87. The molecule has 18 heavy (non-hydrogen) atoms. The second kappa shape index (κ2) is 5.48. The van der Waals surface area contributed by atoms with E-state index in [4.69, 9.17) is 0 Å². The Bertz CT molecular complexity index is 408. The molecule has 0 radical (unpaired) electrons. The van der Waals surface area contributed by atoms with E-state index in [2.05, 4.69) is 10.3 Å². The molecule has 0 saturated heterocycles. The minimum atomic E-state index is -0.162. The highest BCUT2D eigenvalue weighted by atomic mass is 16.3. The van der Waals surface area contributed by atoms with Crippen molar-refractivity contribution in [2.24, 2.45) is 5.41 Å². The molecular weight excluding hydrogens is 228 g/mol. The van der Waals surface area contributed by atoms with Gasteiger partial charge in [-0.05, 0) is 24.5 Å². The Hall–Kier alpha value is -1.42. The van der Waals surface area contributed by atoms with E-state index in [-0.39, 0.29) is 24.0 Å². The largest absolute Gasteiger partial charge is 0.396 e. The second-order valence-electron chi connectivity index (χ2n) is 5.36. The second-order valence-corrected chi connectivity index (χ2v) is 5.36. The first-order chi connectivity index (χ1) is 8.64. The molecule has 0 bridgehead atoms. The van der Waals surface area contributed by atoms with E-state index >= 15 is 0 Å². The van der Waals surface area contributed by atoms with E-state index in [0.717, 1.165) is 24.8 Å². The summed E-state index contributed by atoms with van der Waals surface area (Å²) >= 11 is 0. The van der Waals surface area contributed by atoms with Gasteiger partial charge in [-0.25, -0.2) is 0 Å². The van der Waals surface area contributed by atoms with Crippen LogP contribution in [0.3, 0.4) is 0 Å². The van der Waals surface area contributed by atoms with Crippen molar-refractivity contribution in [3.63, 3.8) is 0 Å². The highest BCUT2D eigenvalue weighted by Crippen LogP contribution is 2.37. The number of nitrogens with one attached hydrogen (secondary N) is 1. The fraction of sp³-hybridized carbons (Fsp3) is 0.571. The number of amides is 1. The molecule has 0 spiro atoms. The van der Waals surface area contributed by atoms with Crippen molar-refractivity contribution in [3.8, 4) is 0 Å². The summed E-state index contributed by atoms with van der Waals surface area (Å²) in [6.45, 7) is 2.17. The third kappa shape index (κ3) is 2.88. The number of carbonyl (C=O) groups is 1. The molecule has 1 amide bonds. The zero-order chi connectivity index (χ0) is 13.0. The lowest BCUT2D eigenvalue weighted by molar-refractivity contribution is -0.122. The van der Waals surface area contributed by atoms with Crippen LogP contribution in [0.25, 0.3) is 0 Å². The van der Waals surface area contributed by atoms with E-state index in [1.54, 1.807) is 12.4 Å². The van der Waals surface area contributed by atoms with E-state index in [9.17, 15) is 9.90 Å². The summed E-state index contributed by atoms with van der Waals surface area (Å²) in [4.78, 5) is 15.9. The van der Waals surface area contributed by atoms with Gasteiger partial charge in [-0.3, -0.25) is 9.78 Å². The molecule has 1 aromatic heterocycles. The summed E-state index contributed by atoms with van der Waals surface area (Å²) in [6, 6.07) is 3.81. The summed E-state index contributed by atoms with van der Waals surface area (Å²) in [5.74, 6) is 0.00887. The zero-order valence-corrected chi connectivity index (χ0v) is 10.7. The minimum Gasteiger partial charge on any atom is -0.396 e. The Labute approximate surface area is 107 Å². The maximum atomic E-state index is 12.0. The van der Waals surface area contributed by atoms with Crippen LogP contribution in [0.1, 0.15) is 31.7 Å². The van der Waals surface area contributed by atoms with Crippen molar-refractivity contribution in [2.45, 2.75) is 38.6 Å². The van der Waals surface area contributed by atoms with E-state index in [0.29, 0.717) is 6.42 Å². The Balaban J connectivity index is 1.92. The van der Waals surface area contributed by atoms with Gasteiger partial charge in [0, 0.05) is 23.9 Å². The van der Waals surface area contributed by atoms with Gasteiger partial charge in [-0.1, -0.05) is 19.4 Å². The van der Waals surface area contributed by atoms with Crippen LogP contribution in [0.4, 0.5) is 0 Å². The lowest BCUT2D eigenvalue weighted by Crippen LogP contribution is -2.45. The summed E-state index contributed by atoms with van der Waals surface area (Å²) in [5, 5.41) is 12.5. The molecule has 1 saturated carbocycles. The SMILES string of the molecule is CC1(CO)CCCC1NC(=O)Cc1cccnc1. The van der Waals surface area contributed by atoms with Gasteiger partial charge in [0.1, 0.15) is 0 Å². The van der Waals surface area contributed by atoms with Crippen molar-refractivity contribution < 1.29 is 9.90 Å². The fourth-order valence-corrected chi connectivity index (χ4v) is 2.60. The van der Waals surface area contributed by atoms with Gasteiger partial charge in [0.25, 0.3) is 0 Å². The predicted molar refractivity (Wildman–Crippen MR) is 68.9 cm³/mol. The fourth-order valence-electron chi connectivity index (χ4n) is 2.60. The Morgan fingerprint density at radius 1 is 1.67 bits per heavy atom. The quantitative estimate of drug-likeness (QED) is 0.844. The summed E-state index contributed by atoms with van der Waals surface area (Å²) in [7, 11) is 0. The molecule has 0 aromatic carbocycles. The molecule has 1 aliphatic rings. The van der Waals surface area contributed by atoms with Crippen LogP contribution < -0.4 is 5.32 Å². The Morgan fingerprint density at radius 2 is 2.50 bits per heavy atom. The number of aliphatic hydroxyl groups is 1. The number of hydrogen-bond acceptors (Lipinski definition) is 3. The maximum absolute atomic E-state index is 12.0. The van der Waals surface area contributed by atoms with Crippen LogP contribution >= 0.6 is 0 Å². The molecule has 2 rings (SSSR count). The molecule has 98 valence electrons. The average Bonchev–Trinajstić information content (AvgIpc) is 2.73. The van der Waals surface area contributed by atoms with Crippen LogP contribution in [0.2, 0.25) is 0 Å². The summed E-state index contributed by atoms with van der Waals surface area (Å²) < 4.78 is 0. The molecule has 1 heterocycles. The van der Waals surface area contributed by atoms with Crippen molar-refractivity contribution >= 4 is 5.91 Å². The molecule has 1 aliphatic carbocycles. The van der Waals surface area contributed by atoms with Crippen LogP contribution in [0, 0.1) is 5.41 Å². The summed E-state index contributed by atoms with van der Waals surface area (Å²) in [6.07, 6.45) is 6.75. The molecule has 4 nitrogen and oxygen atoms in total. The van der Waals surface area contributed by atoms with Gasteiger partial charge in [-0.15, -0.1) is 0 Å². The van der Waals surface area contributed by atoms with Crippen LogP contribution in [-0.2, 0) is 11.2 Å². The number of aliphatic hydroxyl groups excluding tert-OH is 1. The highest BCUT2D eigenvalue weighted by molar-refractivity contribution is 5.78. The number of rotatable bonds is 4. The number of pyridine rings is 1. The lowest BCUT2D eigenvalue weighted by Gasteiger charge is -2.30. The van der Waals surface area contributed by atoms with Gasteiger partial charge in [0.2, 0.25) is 5.91 Å². The Kier molecular flexibility index (Phi) is 3.97. The van der Waals surface area contributed by atoms with Gasteiger partial charge >= 0.3 is 0 Å². The van der Waals surface area contributed by atoms with Crippen molar-refractivity contribution in [1.29, 1.82) is 0 Å². The molecule has 0 aliphatic heterocycles. The maximum Gasteiger partial charge on any atom is 0.224 e. The first-order valence-electron chi connectivity index (χ1n) is 6.43. The monoisotopic (exact) mass is 248 g/mol. The molecule has 1 fully saturated rings. The number of aromatic nitrogens is 1. The van der Waals surface area contributed by atoms with Crippen molar-refractivity contribution in [3.05, 3.63) is 30.1 Å². The standard InChI is InChI=1S/C14H20N2O2/c1-14(10-17)6-2-5-12(14)16-13(18)8-11-4-3-7-15-9-11/h3-4,7,9,12,17H,2,5-6,8,10H2,1H3,(H,16,18). The van der Waals surface area contributed by atoms with E-state index in [1.165, 1.54) is 0 Å². The topological polar surface area (TPSA) is 62.2 Å². The molecular formula is C14H20N2O2. The molecule has 2 atom stereocenters. The highest BCUT2D eigenvalue weighted by Gasteiger charge is 2.38. The van der Waals surface area contributed by atoms with Gasteiger partial charge < -0.3 is 10.4 Å². The number of hydrogen-bond donors (Lipinski definition) is 2. The minimum absolute atomic E-state index is 0.00887. The number of nitrogens with zero attached hydrogens (tertiary/aromatic N) is 1. The van der Waals surface area contributed by atoms with Crippen LogP contribution in [0.5, 0.6) is 0 Å². The lowest BCUT2D eigenvalue weighted by atomic mass is 9.85. The van der Waals surface area contributed by atoms with Crippen molar-refractivity contribution in [1.82, 2.24) is 10.3 Å². The molecule has 1 aromatic rings. The van der Waals surface area contributed by atoms with Crippen LogP contribution in [-0.4, -0.2) is 28.6 Å². The first kappa shape index (κ1) is 13.0. The molecule has 2 unspecified atom stereocenters. The van der Waals surface area contributed by atoms with E-state index < -0.39 is 0 Å². The third-order valence-electron chi connectivity index (χ3n) is 3.87. The van der Waals surface area contributed by atoms with E-state index in [1.807, 2.05) is 19.1 Å². The summed E-state index contributed by atoms with van der Waals surface area (Å²) in [5.41, 5.74) is 0.753. The Morgan fingerprint density at radius 3 is 3.17 bits per heavy atom. The van der Waals surface area contributed by atoms with Gasteiger partial charge in [0.05, 0.1) is 13.0 Å². The predicted octanol–water partition coefficient (Wildman–Crippen LogP) is 1.29. The van der Waals surface area contributed by atoms with Gasteiger partial charge in [0.15, 0.2) is 0 Å². The molecule has 2 N–H and O–H groups in total. The zero-order valence-electron chi connectivity index (χ0n) is 10.7. The van der Waals surface area contributed by atoms with Gasteiger partial charge in [-0.2, -0.15) is 0 Å². The number of carbonyl (C=O) groups excluding carboxylic acids is 1. The first-order valence-corrected chi connectivity index (χ1v) is 6.43. The van der Waals surface area contributed by atoms with Crippen molar-refractivity contribution in [2.75, 3.05) is 6.61 Å². The van der Waals surface area contributed by atoms with Crippen LogP contribution in [0.15, 0.2) is 24.5 Å².